The predicted molar refractivity (Wildman–Crippen MR) is 86.1 cm³/mol. The Labute approximate surface area is 121 Å². The van der Waals surface area contributed by atoms with Crippen molar-refractivity contribution >= 4 is 50.6 Å². The Morgan fingerprint density at radius 1 is 1.59 bits per heavy atom. The van der Waals surface area contributed by atoms with Gasteiger partial charge in [-0.05, 0) is 43.6 Å². The van der Waals surface area contributed by atoms with Crippen molar-refractivity contribution in [3.05, 3.63) is 28.2 Å². The number of anilines is 1. The van der Waals surface area contributed by atoms with Crippen molar-refractivity contribution in [3.8, 4) is 0 Å². The predicted octanol–water partition coefficient (Wildman–Crippen LogP) is 3.64. The summed E-state index contributed by atoms with van der Waals surface area (Å²) in [5.41, 5.74) is 7.63. The van der Waals surface area contributed by atoms with Crippen LogP contribution < -0.4 is 11.1 Å². The lowest BCUT2D eigenvalue weighted by Crippen LogP contribution is -2.20. The van der Waals surface area contributed by atoms with Crippen LogP contribution in [0, 0.1) is 0 Å². The molecule has 94 valence electrons. The van der Waals surface area contributed by atoms with Crippen molar-refractivity contribution in [2.24, 2.45) is 5.73 Å². The van der Waals surface area contributed by atoms with Crippen LogP contribution in [0.5, 0.6) is 0 Å². The van der Waals surface area contributed by atoms with Crippen LogP contribution in [0.25, 0.3) is 0 Å². The van der Waals surface area contributed by atoms with Crippen LogP contribution in [0.15, 0.2) is 22.7 Å². The first-order valence-corrected chi connectivity index (χ1v) is 7.99. The van der Waals surface area contributed by atoms with E-state index in [-0.39, 0.29) is 0 Å². The second kappa shape index (κ2) is 7.24. The average Bonchev–Trinajstić information content (AvgIpc) is 2.28. The van der Waals surface area contributed by atoms with Crippen LogP contribution in [0.1, 0.15) is 18.9 Å². The molecule has 0 aliphatic carbocycles. The third-order valence-electron chi connectivity index (χ3n) is 2.40. The molecule has 0 saturated heterocycles. The van der Waals surface area contributed by atoms with Gasteiger partial charge in [0.2, 0.25) is 0 Å². The first-order chi connectivity index (χ1) is 8.04. The van der Waals surface area contributed by atoms with E-state index in [1.807, 2.05) is 30.0 Å². The Morgan fingerprint density at radius 3 is 2.88 bits per heavy atom. The Bertz CT molecular complexity index is 396. The van der Waals surface area contributed by atoms with Gasteiger partial charge in [-0.1, -0.05) is 28.1 Å². The topological polar surface area (TPSA) is 38.0 Å². The van der Waals surface area contributed by atoms with Crippen molar-refractivity contribution in [3.63, 3.8) is 0 Å². The summed E-state index contributed by atoms with van der Waals surface area (Å²) < 4.78 is 0.989. The number of halogens is 1. The quantitative estimate of drug-likeness (QED) is 0.780. The number of nitrogens with one attached hydrogen (secondary N) is 1. The number of thiocarbonyl (C=S) groups is 1. The summed E-state index contributed by atoms with van der Waals surface area (Å²) in [5.74, 6) is 1.15. The highest BCUT2D eigenvalue weighted by atomic mass is 79.9. The molecule has 3 N–H and O–H groups in total. The largest absolute Gasteiger partial charge is 0.389 e. The highest BCUT2D eigenvalue weighted by Crippen LogP contribution is 2.22. The molecule has 0 radical (unpaired) electrons. The molecule has 0 aromatic heterocycles. The maximum atomic E-state index is 5.73. The maximum Gasteiger partial charge on any atom is 0.106 e. The van der Waals surface area contributed by atoms with Crippen LogP contribution in [-0.4, -0.2) is 23.0 Å². The van der Waals surface area contributed by atoms with Gasteiger partial charge in [0.15, 0.2) is 0 Å². The van der Waals surface area contributed by atoms with Crippen LogP contribution >= 0.6 is 39.9 Å². The molecular formula is C12H17BrN2S2. The highest BCUT2D eigenvalue weighted by Gasteiger charge is 2.08. The SMILES string of the molecule is CSCCC(C)Nc1ccc(Br)cc1C(N)=S. The average molecular weight is 333 g/mol. The fourth-order valence-corrected chi connectivity index (χ4v) is 2.60. The molecule has 0 heterocycles. The summed E-state index contributed by atoms with van der Waals surface area (Å²) in [6, 6.07) is 6.36. The van der Waals surface area contributed by atoms with E-state index in [0.717, 1.165) is 27.9 Å². The van der Waals surface area contributed by atoms with Gasteiger partial charge in [0.05, 0.1) is 0 Å². The van der Waals surface area contributed by atoms with Gasteiger partial charge in [-0.3, -0.25) is 0 Å². The number of hydrogen-bond donors (Lipinski definition) is 2. The Morgan fingerprint density at radius 2 is 2.29 bits per heavy atom. The number of rotatable bonds is 6. The summed E-state index contributed by atoms with van der Waals surface area (Å²) in [7, 11) is 0. The van der Waals surface area contributed by atoms with Crippen LogP contribution in [-0.2, 0) is 0 Å². The van der Waals surface area contributed by atoms with Gasteiger partial charge in [0, 0.05) is 21.8 Å². The molecule has 0 aliphatic heterocycles. The molecule has 1 aromatic rings. The van der Waals surface area contributed by atoms with Gasteiger partial charge < -0.3 is 11.1 Å². The maximum absolute atomic E-state index is 5.73. The zero-order chi connectivity index (χ0) is 12.8. The number of benzene rings is 1. The van der Waals surface area contributed by atoms with Crippen molar-refractivity contribution < 1.29 is 0 Å². The fraction of sp³-hybridized carbons (Fsp3) is 0.417. The minimum Gasteiger partial charge on any atom is -0.389 e. The molecule has 1 unspecified atom stereocenters. The standard InChI is InChI=1S/C12H17BrN2S2/c1-8(5-6-17-2)15-11-4-3-9(13)7-10(11)12(14)16/h3-4,7-8,15H,5-6H2,1-2H3,(H2,14,16). The van der Waals surface area contributed by atoms with E-state index in [1.165, 1.54) is 0 Å². The second-order valence-electron chi connectivity index (χ2n) is 3.88. The molecule has 2 nitrogen and oxygen atoms in total. The minimum atomic E-state index is 0.414. The number of thioether (sulfide) groups is 1. The monoisotopic (exact) mass is 332 g/mol. The summed E-state index contributed by atoms with van der Waals surface area (Å²) in [5, 5.41) is 3.45. The Hall–Kier alpha value is -0.260. The van der Waals surface area contributed by atoms with E-state index >= 15 is 0 Å². The molecule has 0 aliphatic rings. The minimum absolute atomic E-state index is 0.414. The third-order valence-corrected chi connectivity index (χ3v) is 3.76. The van der Waals surface area contributed by atoms with E-state index in [0.29, 0.717) is 11.0 Å². The van der Waals surface area contributed by atoms with Gasteiger partial charge in [0.1, 0.15) is 4.99 Å². The number of hydrogen-bond acceptors (Lipinski definition) is 3. The van der Waals surface area contributed by atoms with Gasteiger partial charge >= 0.3 is 0 Å². The van der Waals surface area contributed by atoms with E-state index in [9.17, 15) is 0 Å². The van der Waals surface area contributed by atoms with Gasteiger partial charge in [0.25, 0.3) is 0 Å². The van der Waals surface area contributed by atoms with Crippen molar-refractivity contribution in [1.82, 2.24) is 0 Å². The molecule has 5 heteroatoms. The lowest BCUT2D eigenvalue weighted by molar-refractivity contribution is 0.772. The van der Waals surface area contributed by atoms with E-state index in [4.69, 9.17) is 18.0 Å². The highest BCUT2D eigenvalue weighted by molar-refractivity contribution is 9.10. The van der Waals surface area contributed by atoms with Crippen molar-refractivity contribution in [2.75, 3.05) is 17.3 Å². The molecule has 17 heavy (non-hydrogen) atoms. The van der Waals surface area contributed by atoms with E-state index in [1.54, 1.807) is 0 Å². The zero-order valence-electron chi connectivity index (χ0n) is 10.00. The third kappa shape index (κ3) is 4.85. The zero-order valence-corrected chi connectivity index (χ0v) is 13.2. The smallest absolute Gasteiger partial charge is 0.106 e. The number of nitrogens with two attached hydrogens (primary N) is 1. The summed E-state index contributed by atoms with van der Waals surface area (Å²) in [6.07, 6.45) is 3.24. The second-order valence-corrected chi connectivity index (χ2v) is 6.22. The van der Waals surface area contributed by atoms with Gasteiger partial charge in [-0.2, -0.15) is 11.8 Å². The molecule has 0 bridgehead atoms. The molecule has 1 aromatic carbocycles. The lowest BCUT2D eigenvalue weighted by Gasteiger charge is -2.17. The lowest BCUT2D eigenvalue weighted by atomic mass is 10.1. The normalized spacial score (nSPS) is 12.2. The van der Waals surface area contributed by atoms with Gasteiger partial charge in [-0.25, -0.2) is 0 Å². The van der Waals surface area contributed by atoms with Gasteiger partial charge in [-0.15, -0.1) is 0 Å². The Kier molecular flexibility index (Phi) is 6.30. The van der Waals surface area contributed by atoms with Crippen LogP contribution in [0.4, 0.5) is 5.69 Å². The van der Waals surface area contributed by atoms with Crippen molar-refractivity contribution in [2.45, 2.75) is 19.4 Å². The Balaban J connectivity index is 2.79. The van der Waals surface area contributed by atoms with E-state index in [2.05, 4.69) is 34.4 Å². The van der Waals surface area contributed by atoms with Crippen LogP contribution in [0.3, 0.4) is 0 Å². The molecule has 1 atom stereocenters. The first kappa shape index (κ1) is 14.8. The molecule has 1 rings (SSSR count). The van der Waals surface area contributed by atoms with Crippen molar-refractivity contribution in [1.29, 1.82) is 0 Å². The van der Waals surface area contributed by atoms with E-state index < -0.39 is 0 Å². The molecule has 0 fully saturated rings. The molecule has 0 spiro atoms. The summed E-state index contributed by atoms with van der Waals surface area (Å²) in [4.78, 5) is 0.422. The molecule has 0 saturated carbocycles. The molecular weight excluding hydrogens is 316 g/mol. The summed E-state index contributed by atoms with van der Waals surface area (Å²) in [6.45, 7) is 2.17. The summed E-state index contributed by atoms with van der Waals surface area (Å²) >= 11 is 10.3. The fourth-order valence-electron chi connectivity index (χ4n) is 1.48. The first-order valence-electron chi connectivity index (χ1n) is 5.39. The molecule has 0 amide bonds. The van der Waals surface area contributed by atoms with Crippen LogP contribution in [0.2, 0.25) is 0 Å².